The molecule has 1 amide bonds. The number of thioether (sulfide) groups is 1. The Labute approximate surface area is 193 Å². The van der Waals surface area contributed by atoms with Gasteiger partial charge in [0.2, 0.25) is 23.2 Å². The van der Waals surface area contributed by atoms with E-state index >= 15 is 0 Å². The summed E-state index contributed by atoms with van der Waals surface area (Å²) < 4.78 is 6.46. The van der Waals surface area contributed by atoms with Gasteiger partial charge in [0.1, 0.15) is 0 Å². The molecule has 1 aliphatic rings. The molecule has 2 heterocycles. The number of carbonyl (C=O) groups excluding carboxylic acids is 1. The van der Waals surface area contributed by atoms with Crippen LogP contribution in [0.3, 0.4) is 0 Å². The molecule has 2 aromatic carbocycles. The van der Waals surface area contributed by atoms with Gasteiger partial charge in [-0.1, -0.05) is 66.6 Å². The quantitative estimate of drug-likeness (QED) is 0.363. The lowest BCUT2D eigenvalue weighted by Crippen LogP contribution is -2.36. The molecule has 0 bridgehead atoms. The van der Waals surface area contributed by atoms with E-state index in [0.29, 0.717) is 16.7 Å². The van der Waals surface area contributed by atoms with Gasteiger partial charge in [-0.3, -0.25) is 9.69 Å². The first-order chi connectivity index (χ1) is 15.4. The average Bonchev–Trinajstić information content (AvgIpc) is 2.89. The third-order valence-corrected chi connectivity index (χ3v) is 6.39. The molecule has 0 saturated carbocycles. The fourth-order valence-electron chi connectivity index (χ4n) is 3.92. The maximum absolute atomic E-state index is 13.0. The van der Waals surface area contributed by atoms with Crippen molar-refractivity contribution in [2.45, 2.75) is 58.8 Å². The fourth-order valence-corrected chi connectivity index (χ4v) is 4.79. The molecule has 0 radical (unpaired) electrons. The van der Waals surface area contributed by atoms with Crippen LogP contribution in [0.5, 0.6) is 5.88 Å². The zero-order valence-electron chi connectivity index (χ0n) is 19.2. The van der Waals surface area contributed by atoms with E-state index in [1.54, 1.807) is 23.6 Å². The standard InChI is InChI=1S/C25H28N4O2S/c1-6-7-12-32-25-26-23-21(27-28-25)20-14-16(3)13-17(4)22(20)29(18(5)30)24(31-23)19-10-8-15(2)9-11-19/h8-11,13-14,24H,6-7,12H2,1-5H3/t24-/m1/s1. The van der Waals surface area contributed by atoms with Crippen molar-refractivity contribution in [3.05, 3.63) is 58.7 Å². The summed E-state index contributed by atoms with van der Waals surface area (Å²) in [6.07, 6.45) is 1.54. The van der Waals surface area contributed by atoms with E-state index in [1.807, 2.05) is 51.1 Å². The van der Waals surface area contributed by atoms with Crippen molar-refractivity contribution in [2.75, 3.05) is 10.7 Å². The average molecular weight is 449 g/mol. The Morgan fingerprint density at radius 2 is 1.84 bits per heavy atom. The first-order valence-corrected chi connectivity index (χ1v) is 11.9. The lowest BCUT2D eigenvalue weighted by molar-refractivity contribution is -0.118. The molecule has 1 aliphatic heterocycles. The molecule has 0 aliphatic carbocycles. The number of benzene rings is 2. The van der Waals surface area contributed by atoms with Gasteiger partial charge in [-0.15, -0.1) is 10.2 Å². The predicted molar refractivity (Wildman–Crippen MR) is 128 cm³/mol. The monoisotopic (exact) mass is 448 g/mol. The highest BCUT2D eigenvalue weighted by atomic mass is 32.2. The van der Waals surface area contributed by atoms with Crippen molar-refractivity contribution >= 4 is 23.4 Å². The lowest BCUT2D eigenvalue weighted by Gasteiger charge is -2.31. The number of aromatic nitrogens is 3. The lowest BCUT2D eigenvalue weighted by atomic mass is 10.00. The minimum absolute atomic E-state index is 0.109. The van der Waals surface area contributed by atoms with Gasteiger partial charge in [0, 0.05) is 23.8 Å². The summed E-state index contributed by atoms with van der Waals surface area (Å²) >= 11 is 1.57. The zero-order chi connectivity index (χ0) is 22.8. The summed E-state index contributed by atoms with van der Waals surface area (Å²) in [4.78, 5) is 19.4. The maximum Gasteiger partial charge on any atom is 0.247 e. The van der Waals surface area contributed by atoms with E-state index in [0.717, 1.165) is 52.1 Å². The Hall–Kier alpha value is -2.93. The number of hydrogen-bond donors (Lipinski definition) is 0. The number of nitrogens with zero attached hydrogens (tertiary/aromatic N) is 4. The van der Waals surface area contributed by atoms with Crippen LogP contribution in [0.25, 0.3) is 11.3 Å². The molecule has 0 N–H and O–H groups in total. The van der Waals surface area contributed by atoms with Crippen LogP contribution in [0.2, 0.25) is 0 Å². The van der Waals surface area contributed by atoms with E-state index in [9.17, 15) is 4.79 Å². The molecule has 1 atom stereocenters. The number of amides is 1. The molecule has 0 saturated heterocycles. The van der Waals surface area contributed by atoms with Crippen LogP contribution in [-0.2, 0) is 4.79 Å². The highest BCUT2D eigenvalue weighted by Gasteiger charge is 2.35. The molecule has 6 nitrogen and oxygen atoms in total. The van der Waals surface area contributed by atoms with Gasteiger partial charge in [0.05, 0.1) is 5.69 Å². The summed E-state index contributed by atoms with van der Waals surface area (Å²) in [7, 11) is 0. The molecule has 4 rings (SSSR count). The van der Waals surface area contributed by atoms with Crippen LogP contribution in [0.4, 0.5) is 5.69 Å². The predicted octanol–water partition coefficient (Wildman–Crippen LogP) is 5.80. The number of aryl methyl sites for hydroxylation is 3. The minimum Gasteiger partial charge on any atom is -0.447 e. The molecule has 166 valence electrons. The van der Waals surface area contributed by atoms with Crippen molar-refractivity contribution in [3.8, 4) is 17.1 Å². The summed E-state index contributed by atoms with van der Waals surface area (Å²) in [5.41, 5.74) is 6.24. The molecule has 3 aromatic rings. The van der Waals surface area contributed by atoms with Crippen LogP contribution >= 0.6 is 11.8 Å². The number of anilines is 1. The van der Waals surface area contributed by atoms with Gasteiger partial charge in [-0.25, -0.2) is 0 Å². The third kappa shape index (κ3) is 4.35. The van der Waals surface area contributed by atoms with Crippen molar-refractivity contribution < 1.29 is 9.53 Å². The number of hydrogen-bond acceptors (Lipinski definition) is 6. The van der Waals surface area contributed by atoms with Crippen molar-refractivity contribution in [3.63, 3.8) is 0 Å². The molecule has 0 spiro atoms. The number of unbranched alkanes of at least 4 members (excludes halogenated alkanes) is 1. The molecule has 32 heavy (non-hydrogen) atoms. The second kappa shape index (κ2) is 9.28. The van der Waals surface area contributed by atoms with E-state index < -0.39 is 6.23 Å². The van der Waals surface area contributed by atoms with E-state index in [1.165, 1.54) is 0 Å². The summed E-state index contributed by atoms with van der Waals surface area (Å²) in [6.45, 7) is 9.80. The van der Waals surface area contributed by atoms with Crippen LogP contribution in [-0.4, -0.2) is 26.8 Å². The Morgan fingerprint density at radius 3 is 2.53 bits per heavy atom. The number of carbonyl (C=O) groups is 1. The van der Waals surface area contributed by atoms with Crippen molar-refractivity contribution in [1.82, 2.24) is 15.2 Å². The molecule has 0 fully saturated rings. The van der Waals surface area contributed by atoms with Gasteiger partial charge >= 0.3 is 0 Å². The topological polar surface area (TPSA) is 68.2 Å². The smallest absolute Gasteiger partial charge is 0.247 e. The Kier molecular flexibility index (Phi) is 6.46. The van der Waals surface area contributed by atoms with Crippen LogP contribution in [0.15, 0.2) is 41.6 Å². The highest BCUT2D eigenvalue weighted by Crippen LogP contribution is 2.45. The van der Waals surface area contributed by atoms with Crippen LogP contribution < -0.4 is 9.64 Å². The normalized spacial score (nSPS) is 14.9. The maximum atomic E-state index is 13.0. The molecular formula is C25H28N4O2S. The number of ether oxygens (including phenoxy) is 1. The first-order valence-electron chi connectivity index (χ1n) is 10.9. The first kappa shape index (κ1) is 22.3. The zero-order valence-corrected chi connectivity index (χ0v) is 20.0. The minimum atomic E-state index is -0.653. The van der Waals surface area contributed by atoms with Crippen molar-refractivity contribution in [2.24, 2.45) is 0 Å². The van der Waals surface area contributed by atoms with Gasteiger partial charge in [0.15, 0.2) is 5.69 Å². The van der Waals surface area contributed by atoms with Gasteiger partial charge in [-0.05, 0) is 38.8 Å². The summed E-state index contributed by atoms with van der Waals surface area (Å²) in [6, 6.07) is 12.1. The molecule has 7 heteroatoms. The Balaban J connectivity index is 1.92. The molecule has 1 aromatic heterocycles. The van der Waals surface area contributed by atoms with Crippen LogP contribution in [0.1, 0.15) is 55.2 Å². The second-order valence-corrected chi connectivity index (χ2v) is 9.26. The van der Waals surface area contributed by atoms with Gasteiger partial charge in [-0.2, -0.15) is 4.98 Å². The summed E-state index contributed by atoms with van der Waals surface area (Å²) in [5, 5.41) is 9.47. The molecular weight excluding hydrogens is 420 g/mol. The van der Waals surface area contributed by atoms with Gasteiger partial charge in [0.25, 0.3) is 0 Å². The van der Waals surface area contributed by atoms with Crippen LogP contribution in [0, 0.1) is 20.8 Å². The van der Waals surface area contributed by atoms with Crippen molar-refractivity contribution in [1.29, 1.82) is 0 Å². The summed E-state index contributed by atoms with van der Waals surface area (Å²) in [5.74, 6) is 1.22. The fraction of sp³-hybridized carbons (Fsp3) is 0.360. The van der Waals surface area contributed by atoms with E-state index in [4.69, 9.17) is 9.72 Å². The van der Waals surface area contributed by atoms with E-state index in [-0.39, 0.29) is 5.91 Å². The SMILES string of the molecule is CCCCSc1nnc2c(n1)O[C@H](c1ccc(C)cc1)N(C(C)=O)c1c(C)cc(C)cc1-2. The highest BCUT2D eigenvalue weighted by molar-refractivity contribution is 7.99. The van der Waals surface area contributed by atoms with Gasteiger partial charge < -0.3 is 4.74 Å². The number of rotatable bonds is 5. The number of fused-ring (bicyclic) bond motifs is 3. The van der Waals surface area contributed by atoms with E-state index in [2.05, 4.69) is 23.2 Å². The largest absolute Gasteiger partial charge is 0.447 e. The molecule has 0 unspecified atom stereocenters. The Morgan fingerprint density at radius 1 is 1.09 bits per heavy atom. The Bertz CT molecular complexity index is 1150. The second-order valence-electron chi connectivity index (χ2n) is 8.20. The third-order valence-electron chi connectivity index (χ3n) is 5.46.